The van der Waals surface area contributed by atoms with Gasteiger partial charge in [0.1, 0.15) is 5.75 Å². The molecule has 1 N–H and O–H groups in total. The number of nitrogens with one attached hydrogen (secondary N) is 1. The van der Waals surface area contributed by atoms with Crippen molar-refractivity contribution in [2.45, 2.75) is 39.8 Å². The second-order valence-electron chi connectivity index (χ2n) is 7.42. The van der Waals surface area contributed by atoms with Crippen molar-refractivity contribution in [3.63, 3.8) is 0 Å². The third-order valence-corrected chi connectivity index (χ3v) is 4.60. The van der Waals surface area contributed by atoms with Gasteiger partial charge in [-0.15, -0.1) is 0 Å². The summed E-state index contributed by atoms with van der Waals surface area (Å²) in [6.45, 7) is 5.60. The third kappa shape index (κ3) is 7.49. The van der Waals surface area contributed by atoms with Crippen LogP contribution in [0.2, 0.25) is 0 Å². The summed E-state index contributed by atoms with van der Waals surface area (Å²) in [7, 11) is 0. The van der Waals surface area contributed by atoms with Crippen LogP contribution in [0, 0.1) is 5.92 Å². The molecule has 0 aliphatic carbocycles. The maximum Gasteiger partial charge on any atom is 0.409 e. The Morgan fingerprint density at radius 2 is 1.76 bits per heavy atom. The standard InChI is InChI=1S/C20H29F2N3O4/c1-14(2)13-28-20(27)25-10-4-9-24(11-12-25)15(3)18(26)23-16-5-7-17(8-6-16)29-19(21)22/h5-8,14-15,19H,4,9-13H2,1-3H3,(H,23,26). The van der Waals surface area contributed by atoms with Gasteiger partial charge >= 0.3 is 12.7 Å². The number of carbonyl (C=O) groups excluding carboxylic acids is 2. The number of benzene rings is 1. The molecule has 2 rings (SSSR count). The molecule has 1 atom stereocenters. The Labute approximate surface area is 169 Å². The monoisotopic (exact) mass is 413 g/mol. The molecule has 29 heavy (non-hydrogen) atoms. The number of hydrogen-bond acceptors (Lipinski definition) is 5. The number of rotatable bonds is 7. The van der Waals surface area contributed by atoms with Gasteiger partial charge in [0.05, 0.1) is 12.6 Å². The Morgan fingerprint density at radius 3 is 2.38 bits per heavy atom. The van der Waals surface area contributed by atoms with Crippen LogP contribution in [0.25, 0.3) is 0 Å². The Bertz CT molecular complexity index is 670. The highest BCUT2D eigenvalue weighted by Gasteiger charge is 2.26. The second kappa shape index (κ2) is 10.9. The summed E-state index contributed by atoms with van der Waals surface area (Å²) in [6, 6.07) is 5.37. The molecule has 1 fully saturated rings. The van der Waals surface area contributed by atoms with E-state index in [2.05, 4.69) is 10.1 Å². The van der Waals surface area contributed by atoms with Crippen LogP contribution in [0.15, 0.2) is 24.3 Å². The van der Waals surface area contributed by atoms with Crippen molar-refractivity contribution in [1.82, 2.24) is 9.80 Å². The van der Waals surface area contributed by atoms with Gasteiger partial charge in [0.15, 0.2) is 0 Å². The summed E-state index contributed by atoms with van der Waals surface area (Å²) in [5, 5.41) is 2.78. The Hall–Kier alpha value is -2.42. The average molecular weight is 413 g/mol. The van der Waals surface area contributed by atoms with E-state index in [1.54, 1.807) is 11.8 Å². The predicted octanol–water partition coefficient (Wildman–Crippen LogP) is 3.42. The van der Waals surface area contributed by atoms with Crippen molar-refractivity contribution in [1.29, 1.82) is 0 Å². The molecule has 1 aromatic carbocycles. The lowest BCUT2D eigenvalue weighted by atomic mass is 10.2. The molecule has 7 nitrogen and oxygen atoms in total. The number of ether oxygens (including phenoxy) is 2. The number of hydrogen-bond donors (Lipinski definition) is 1. The number of nitrogens with zero attached hydrogens (tertiary/aromatic N) is 2. The van der Waals surface area contributed by atoms with E-state index < -0.39 is 12.7 Å². The lowest BCUT2D eigenvalue weighted by molar-refractivity contribution is -0.120. The van der Waals surface area contributed by atoms with E-state index in [1.807, 2.05) is 18.7 Å². The van der Waals surface area contributed by atoms with E-state index in [0.29, 0.717) is 38.5 Å². The fraction of sp³-hybridized carbons (Fsp3) is 0.600. The summed E-state index contributed by atoms with van der Waals surface area (Å²) < 4.78 is 34.0. The molecule has 0 radical (unpaired) electrons. The van der Waals surface area contributed by atoms with Crippen molar-refractivity contribution in [2.75, 3.05) is 38.1 Å². The van der Waals surface area contributed by atoms with Crippen molar-refractivity contribution >= 4 is 17.7 Å². The van der Waals surface area contributed by atoms with E-state index in [0.717, 1.165) is 6.42 Å². The van der Waals surface area contributed by atoms with Crippen molar-refractivity contribution in [2.24, 2.45) is 5.92 Å². The molecule has 1 heterocycles. The predicted molar refractivity (Wildman–Crippen MR) is 105 cm³/mol. The lowest BCUT2D eigenvalue weighted by Gasteiger charge is -2.27. The number of halogens is 2. The molecule has 0 spiro atoms. The number of alkyl halides is 2. The second-order valence-corrected chi connectivity index (χ2v) is 7.42. The summed E-state index contributed by atoms with van der Waals surface area (Å²) in [5.41, 5.74) is 0.497. The first-order valence-electron chi connectivity index (χ1n) is 9.77. The van der Waals surface area contributed by atoms with Crippen molar-refractivity contribution in [3.8, 4) is 5.75 Å². The zero-order valence-electron chi connectivity index (χ0n) is 17.1. The molecule has 162 valence electrons. The van der Waals surface area contributed by atoms with Crippen LogP contribution in [-0.2, 0) is 9.53 Å². The Balaban J connectivity index is 1.85. The van der Waals surface area contributed by atoms with Crippen molar-refractivity contribution in [3.05, 3.63) is 24.3 Å². The molecule has 2 amide bonds. The molecule has 1 unspecified atom stereocenters. The maximum absolute atomic E-state index is 12.6. The van der Waals surface area contributed by atoms with E-state index in [1.165, 1.54) is 24.3 Å². The first-order valence-corrected chi connectivity index (χ1v) is 9.77. The minimum absolute atomic E-state index is 0.0306. The average Bonchev–Trinajstić information content (AvgIpc) is 2.92. The van der Waals surface area contributed by atoms with E-state index in [-0.39, 0.29) is 23.7 Å². The Morgan fingerprint density at radius 1 is 1.07 bits per heavy atom. The molecular weight excluding hydrogens is 384 g/mol. The quantitative estimate of drug-likeness (QED) is 0.742. The van der Waals surface area contributed by atoms with Crippen molar-refractivity contribution < 1.29 is 27.8 Å². The largest absolute Gasteiger partial charge is 0.449 e. The highest BCUT2D eigenvalue weighted by atomic mass is 19.3. The third-order valence-electron chi connectivity index (χ3n) is 4.60. The van der Waals surface area contributed by atoms with Gasteiger partial charge in [0.25, 0.3) is 0 Å². The van der Waals surface area contributed by atoms with E-state index in [4.69, 9.17) is 4.74 Å². The number of anilines is 1. The highest BCUT2D eigenvalue weighted by molar-refractivity contribution is 5.94. The molecular formula is C20H29F2N3O4. The smallest absolute Gasteiger partial charge is 0.409 e. The molecule has 1 aromatic rings. The van der Waals surface area contributed by atoms with Crippen LogP contribution in [0.1, 0.15) is 27.2 Å². The zero-order chi connectivity index (χ0) is 21.4. The fourth-order valence-electron chi connectivity index (χ4n) is 2.97. The van der Waals surface area contributed by atoms with Crippen LogP contribution in [0.3, 0.4) is 0 Å². The minimum Gasteiger partial charge on any atom is -0.449 e. The van der Waals surface area contributed by atoms with Gasteiger partial charge in [-0.1, -0.05) is 13.8 Å². The first-order chi connectivity index (χ1) is 13.8. The van der Waals surface area contributed by atoms with Gasteiger partial charge in [0, 0.05) is 31.9 Å². The zero-order valence-corrected chi connectivity index (χ0v) is 17.1. The molecule has 0 bridgehead atoms. The van der Waals surface area contributed by atoms with Gasteiger partial charge in [-0.25, -0.2) is 4.79 Å². The van der Waals surface area contributed by atoms with Crippen LogP contribution in [0.5, 0.6) is 5.75 Å². The number of amides is 2. The lowest BCUT2D eigenvalue weighted by Crippen LogP contribution is -2.44. The first kappa shape index (κ1) is 22.9. The van der Waals surface area contributed by atoms with Crippen LogP contribution in [-0.4, -0.2) is 67.2 Å². The molecule has 0 saturated carbocycles. The van der Waals surface area contributed by atoms with Gasteiger partial charge in [-0.3, -0.25) is 9.69 Å². The van der Waals surface area contributed by atoms with Gasteiger partial charge in [0.2, 0.25) is 5.91 Å². The number of carbonyl (C=O) groups is 2. The summed E-state index contributed by atoms with van der Waals surface area (Å²) in [5.74, 6) is 0.105. The van der Waals surface area contributed by atoms with Crippen LogP contribution < -0.4 is 10.1 Å². The van der Waals surface area contributed by atoms with Gasteiger partial charge < -0.3 is 19.7 Å². The maximum atomic E-state index is 12.6. The normalized spacial score (nSPS) is 16.4. The van der Waals surface area contributed by atoms with Crippen LogP contribution >= 0.6 is 0 Å². The van der Waals surface area contributed by atoms with Gasteiger partial charge in [-0.2, -0.15) is 8.78 Å². The van der Waals surface area contributed by atoms with Crippen LogP contribution in [0.4, 0.5) is 19.3 Å². The molecule has 1 aliphatic rings. The highest BCUT2D eigenvalue weighted by Crippen LogP contribution is 2.18. The summed E-state index contributed by atoms with van der Waals surface area (Å²) in [4.78, 5) is 28.4. The molecule has 1 saturated heterocycles. The molecule has 0 aromatic heterocycles. The molecule has 1 aliphatic heterocycles. The minimum atomic E-state index is -2.89. The molecule has 9 heteroatoms. The fourth-order valence-corrected chi connectivity index (χ4v) is 2.97. The topological polar surface area (TPSA) is 71.1 Å². The summed E-state index contributed by atoms with van der Waals surface area (Å²) in [6.07, 6.45) is 0.428. The van der Waals surface area contributed by atoms with E-state index >= 15 is 0 Å². The van der Waals surface area contributed by atoms with E-state index in [9.17, 15) is 18.4 Å². The SMILES string of the molecule is CC(C)COC(=O)N1CCCN(C(C)C(=O)Nc2ccc(OC(F)F)cc2)CC1. The van der Waals surface area contributed by atoms with Gasteiger partial charge in [-0.05, 0) is 43.5 Å². The summed E-state index contributed by atoms with van der Waals surface area (Å²) >= 11 is 0. The Kier molecular flexibility index (Phi) is 8.63.